The van der Waals surface area contributed by atoms with Crippen LogP contribution in [0.15, 0.2) is 24.3 Å². The van der Waals surface area contributed by atoms with Crippen molar-refractivity contribution in [2.24, 2.45) is 0 Å². The molecule has 0 unspecified atom stereocenters. The van der Waals surface area contributed by atoms with Crippen LogP contribution in [-0.4, -0.2) is 13.3 Å². The fourth-order valence-electron chi connectivity index (χ4n) is 1.17. The van der Waals surface area contributed by atoms with Gasteiger partial charge in [0.05, 0.1) is 0 Å². The lowest BCUT2D eigenvalue weighted by Crippen LogP contribution is -2.05. The third-order valence-corrected chi connectivity index (χ3v) is 3.36. The van der Waals surface area contributed by atoms with Gasteiger partial charge in [0.25, 0.3) is 0 Å². The van der Waals surface area contributed by atoms with Crippen LogP contribution in [-0.2, 0) is 4.57 Å². The normalized spacial score (nSPS) is 11.5. The summed E-state index contributed by atoms with van der Waals surface area (Å²) < 4.78 is 11.6. The minimum absolute atomic E-state index is 1.00. The van der Waals surface area contributed by atoms with Crippen LogP contribution >= 0.6 is 7.14 Å². The van der Waals surface area contributed by atoms with Crippen LogP contribution in [0.25, 0.3) is 0 Å². The van der Waals surface area contributed by atoms with E-state index in [1.54, 1.807) is 13.3 Å². The van der Waals surface area contributed by atoms with Crippen molar-refractivity contribution in [3.8, 4) is 0 Å². The summed E-state index contributed by atoms with van der Waals surface area (Å²) in [7, 11) is -2.06. The Labute approximate surface area is 67.8 Å². The van der Waals surface area contributed by atoms with E-state index in [4.69, 9.17) is 0 Å². The molecule has 11 heavy (non-hydrogen) atoms. The summed E-state index contributed by atoms with van der Waals surface area (Å²) >= 11 is 0. The number of benzene rings is 1. The lowest BCUT2D eigenvalue weighted by Gasteiger charge is -2.08. The van der Waals surface area contributed by atoms with Crippen LogP contribution in [0.2, 0.25) is 0 Å². The summed E-state index contributed by atoms with van der Waals surface area (Å²) in [5.41, 5.74) is 1.13. The van der Waals surface area contributed by atoms with Crippen LogP contribution in [0.3, 0.4) is 0 Å². The molecule has 0 saturated heterocycles. The quantitative estimate of drug-likeness (QED) is 0.588. The molecule has 0 aliphatic rings. The van der Waals surface area contributed by atoms with E-state index < -0.39 is 7.14 Å². The van der Waals surface area contributed by atoms with Crippen molar-refractivity contribution in [3.63, 3.8) is 0 Å². The summed E-state index contributed by atoms with van der Waals surface area (Å²) in [6.07, 6.45) is 0. The summed E-state index contributed by atoms with van der Waals surface area (Å²) in [6.45, 7) is 5.60. The molecule has 60 valence electrons. The Morgan fingerprint density at radius 3 is 2.09 bits per heavy atom. The van der Waals surface area contributed by atoms with Gasteiger partial charge < -0.3 is 4.57 Å². The number of aryl methyl sites for hydroxylation is 1. The minimum atomic E-state index is -2.06. The zero-order valence-electron chi connectivity index (χ0n) is 7.16. The van der Waals surface area contributed by atoms with E-state index in [-0.39, 0.29) is 0 Å². The second kappa shape index (κ2) is 2.83. The maximum absolute atomic E-state index is 11.6. The van der Waals surface area contributed by atoms with Crippen molar-refractivity contribution < 1.29 is 4.57 Å². The molecule has 0 radical (unpaired) electrons. The second-order valence-electron chi connectivity index (χ2n) is 3.14. The molecule has 0 fully saturated rings. The number of hydrogen-bond donors (Lipinski definition) is 0. The Morgan fingerprint density at radius 1 is 1.18 bits per heavy atom. The Bertz CT molecular complexity index is 298. The molecule has 0 aliphatic heterocycles. The van der Waals surface area contributed by atoms with Gasteiger partial charge in [0, 0.05) is 5.30 Å². The molecule has 1 rings (SSSR count). The van der Waals surface area contributed by atoms with Gasteiger partial charge in [-0.1, -0.05) is 24.3 Å². The van der Waals surface area contributed by atoms with Crippen LogP contribution < -0.4 is 5.30 Å². The average molecular weight is 168 g/mol. The molecule has 0 aliphatic carbocycles. The third kappa shape index (κ3) is 1.94. The van der Waals surface area contributed by atoms with E-state index in [0.717, 1.165) is 10.9 Å². The van der Waals surface area contributed by atoms with Crippen molar-refractivity contribution in [1.82, 2.24) is 0 Å². The van der Waals surface area contributed by atoms with E-state index in [0.29, 0.717) is 0 Å². The maximum atomic E-state index is 11.6. The Hall–Kier alpha value is -0.550. The molecule has 2 heteroatoms. The van der Waals surface area contributed by atoms with Crippen LogP contribution in [0.5, 0.6) is 0 Å². The molecule has 0 bridgehead atoms. The first kappa shape index (κ1) is 8.55. The SMILES string of the molecule is Cc1ccccc1P(C)(C)=O. The smallest absolute Gasteiger partial charge is 0.110 e. The molecule has 0 amide bonds. The fourth-order valence-corrected chi connectivity index (χ4v) is 2.54. The predicted octanol–water partition coefficient (Wildman–Crippen LogP) is 2.24. The van der Waals surface area contributed by atoms with Gasteiger partial charge in [-0.3, -0.25) is 0 Å². The van der Waals surface area contributed by atoms with Gasteiger partial charge in [0.1, 0.15) is 7.14 Å². The van der Waals surface area contributed by atoms with Gasteiger partial charge in [-0.05, 0) is 25.8 Å². The maximum Gasteiger partial charge on any atom is 0.110 e. The Kier molecular flexibility index (Phi) is 2.20. The average Bonchev–Trinajstić information content (AvgIpc) is 1.86. The topological polar surface area (TPSA) is 17.1 Å². The van der Waals surface area contributed by atoms with Gasteiger partial charge in [0.2, 0.25) is 0 Å². The van der Waals surface area contributed by atoms with E-state index >= 15 is 0 Å². The van der Waals surface area contributed by atoms with E-state index in [2.05, 4.69) is 0 Å². The lowest BCUT2D eigenvalue weighted by molar-refractivity contribution is 0.588. The van der Waals surface area contributed by atoms with Gasteiger partial charge in [-0.15, -0.1) is 0 Å². The molecule has 1 aromatic rings. The molecular weight excluding hydrogens is 155 g/mol. The zero-order chi connectivity index (χ0) is 8.48. The van der Waals surface area contributed by atoms with Crippen LogP contribution in [0.1, 0.15) is 5.56 Å². The van der Waals surface area contributed by atoms with Gasteiger partial charge >= 0.3 is 0 Å². The third-order valence-electron chi connectivity index (χ3n) is 1.70. The highest BCUT2D eigenvalue weighted by molar-refractivity contribution is 7.70. The molecule has 0 N–H and O–H groups in total. The highest BCUT2D eigenvalue weighted by Crippen LogP contribution is 2.35. The van der Waals surface area contributed by atoms with Gasteiger partial charge in [-0.25, -0.2) is 0 Å². The largest absolute Gasteiger partial charge is 0.319 e. The molecule has 0 heterocycles. The molecular formula is C9H13OP. The van der Waals surface area contributed by atoms with Crippen molar-refractivity contribution in [1.29, 1.82) is 0 Å². The van der Waals surface area contributed by atoms with Gasteiger partial charge in [-0.2, -0.15) is 0 Å². The van der Waals surface area contributed by atoms with E-state index in [1.807, 2.05) is 31.2 Å². The van der Waals surface area contributed by atoms with E-state index in [1.165, 1.54) is 0 Å². The van der Waals surface area contributed by atoms with Crippen molar-refractivity contribution >= 4 is 12.4 Å². The molecule has 0 spiro atoms. The predicted molar refractivity (Wildman–Crippen MR) is 50.3 cm³/mol. The summed E-state index contributed by atoms with van der Waals surface area (Å²) in [5.74, 6) is 0. The molecule has 1 nitrogen and oxygen atoms in total. The Balaban J connectivity index is 3.25. The highest BCUT2D eigenvalue weighted by Gasteiger charge is 2.11. The minimum Gasteiger partial charge on any atom is -0.319 e. The Morgan fingerprint density at radius 2 is 1.73 bits per heavy atom. The molecule has 0 saturated carbocycles. The summed E-state index contributed by atoms with van der Waals surface area (Å²) in [5, 5.41) is 1.00. The molecule has 1 aromatic carbocycles. The first-order valence-electron chi connectivity index (χ1n) is 3.63. The summed E-state index contributed by atoms with van der Waals surface area (Å²) in [6, 6.07) is 7.83. The standard InChI is InChI=1S/C9H13OP/c1-8-6-4-5-7-9(8)11(2,3)10/h4-7H,1-3H3. The second-order valence-corrected chi connectivity index (χ2v) is 6.32. The van der Waals surface area contributed by atoms with Crippen molar-refractivity contribution in [2.75, 3.05) is 13.3 Å². The summed E-state index contributed by atoms with van der Waals surface area (Å²) in [4.78, 5) is 0. The van der Waals surface area contributed by atoms with Crippen molar-refractivity contribution in [2.45, 2.75) is 6.92 Å². The monoisotopic (exact) mass is 168 g/mol. The van der Waals surface area contributed by atoms with E-state index in [9.17, 15) is 4.57 Å². The molecule has 0 atom stereocenters. The molecule has 0 aromatic heterocycles. The number of rotatable bonds is 1. The van der Waals surface area contributed by atoms with Crippen molar-refractivity contribution in [3.05, 3.63) is 29.8 Å². The van der Waals surface area contributed by atoms with Gasteiger partial charge in [0.15, 0.2) is 0 Å². The lowest BCUT2D eigenvalue weighted by atomic mass is 10.2. The highest BCUT2D eigenvalue weighted by atomic mass is 31.2. The first-order valence-corrected chi connectivity index (χ1v) is 6.23. The number of hydrogen-bond acceptors (Lipinski definition) is 1. The van der Waals surface area contributed by atoms with Crippen LogP contribution in [0.4, 0.5) is 0 Å². The van der Waals surface area contributed by atoms with Crippen LogP contribution in [0, 0.1) is 6.92 Å². The first-order chi connectivity index (χ1) is 5.02. The fraction of sp³-hybridized carbons (Fsp3) is 0.333. The zero-order valence-corrected chi connectivity index (χ0v) is 8.06.